The molecule has 78 valence electrons. The second-order valence-electron chi connectivity index (χ2n) is 3.16. The van der Waals surface area contributed by atoms with Crippen molar-refractivity contribution in [2.45, 2.75) is 32.7 Å². The minimum absolute atomic E-state index is 0.178. The third-order valence-electron chi connectivity index (χ3n) is 1.70. The lowest BCUT2D eigenvalue weighted by molar-refractivity contribution is 0.133. The minimum Gasteiger partial charge on any atom is -0.367 e. The van der Waals surface area contributed by atoms with E-state index < -0.39 is 6.43 Å². The molecule has 1 aromatic heterocycles. The van der Waals surface area contributed by atoms with E-state index in [0.29, 0.717) is 11.6 Å². The molecule has 0 bridgehead atoms. The lowest BCUT2D eigenvalue weighted by Gasteiger charge is -2.13. The van der Waals surface area contributed by atoms with Crippen molar-refractivity contribution in [3.05, 3.63) is 18.1 Å². The highest BCUT2D eigenvalue weighted by Gasteiger charge is 2.10. The van der Waals surface area contributed by atoms with Gasteiger partial charge in [0.2, 0.25) is 6.43 Å². The molecule has 0 aromatic carbocycles. The number of anilines is 1. The second-order valence-corrected chi connectivity index (χ2v) is 3.16. The van der Waals surface area contributed by atoms with E-state index in [1.807, 2.05) is 0 Å². The summed E-state index contributed by atoms with van der Waals surface area (Å²) < 4.78 is 24.0. The summed E-state index contributed by atoms with van der Waals surface area (Å²) in [5.41, 5.74) is 0. The summed E-state index contributed by atoms with van der Waals surface area (Å²) in [6, 6.07) is 1.37. The molecule has 0 fully saturated rings. The average molecular weight is 201 g/mol. The smallest absolute Gasteiger partial charge is 0.240 e. The Morgan fingerprint density at radius 2 is 2.21 bits per heavy atom. The van der Waals surface area contributed by atoms with E-state index in [4.69, 9.17) is 0 Å². The van der Waals surface area contributed by atoms with E-state index in [-0.39, 0.29) is 12.5 Å². The van der Waals surface area contributed by atoms with Gasteiger partial charge in [-0.2, -0.15) is 0 Å². The first-order valence-electron chi connectivity index (χ1n) is 4.42. The van der Waals surface area contributed by atoms with Crippen LogP contribution in [0, 0.1) is 6.92 Å². The molecule has 0 amide bonds. The highest BCUT2D eigenvalue weighted by atomic mass is 19.3. The van der Waals surface area contributed by atoms with Crippen LogP contribution in [0.15, 0.2) is 12.3 Å². The highest BCUT2D eigenvalue weighted by Crippen LogP contribution is 2.09. The van der Waals surface area contributed by atoms with Crippen molar-refractivity contribution < 1.29 is 8.78 Å². The molecule has 1 unspecified atom stereocenters. The van der Waals surface area contributed by atoms with Gasteiger partial charge in [-0.25, -0.2) is 18.7 Å². The Hall–Kier alpha value is -1.26. The molecule has 0 saturated heterocycles. The van der Waals surface area contributed by atoms with E-state index in [0.717, 1.165) is 0 Å². The number of halogens is 2. The van der Waals surface area contributed by atoms with E-state index in [1.165, 1.54) is 0 Å². The van der Waals surface area contributed by atoms with Crippen LogP contribution in [0.3, 0.4) is 0 Å². The van der Waals surface area contributed by atoms with Crippen LogP contribution in [-0.4, -0.2) is 22.4 Å². The first-order valence-corrected chi connectivity index (χ1v) is 4.42. The van der Waals surface area contributed by atoms with Crippen LogP contribution in [0.2, 0.25) is 0 Å². The Labute approximate surface area is 81.6 Å². The SMILES string of the molecule is Cc1nccc(NC(C)CC(F)F)n1. The zero-order valence-electron chi connectivity index (χ0n) is 8.17. The van der Waals surface area contributed by atoms with Crippen LogP contribution in [0.1, 0.15) is 19.2 Å². The van der Waals surface area contributed by atoms with Crippen molar-refractivity contribution in [1.82, 2.24) is 9.97 Å². The molecule has 0 aliphatic rings. The summed E-state index contributed by atoms with van der Waals surface area (Å²) in [6.45, 7) is 3.45. The predicted molar refractivity (Wildman–Crippen MR) is 50.5 cm³/mol. The molecule has 0 aliphatic heterocycles. The average Bonchev–Trinajstić information content (AvgIpc) is 2.01. The lowest BCUT2D eigenvalue weighted by atomic mass is 10.2. The number of rotatable bonds is 4. The molecule has 14 heavy (non-hydrogen) atoms. The van der Waals surface area contributed by atoms with E-state index in [1.54, 1.807) is 26.1 Å². The molecule has 1 aromatic rings. The van der Waals surface area contributed by atoms with Crippen molar-refractivity contribution >= 4 is 5.82 Å². The van der Waals surface area contributed by atoms with Crippen molar-refractivity contribution in [3.63, 3.8) is 0 Å². The molecule has 1 heterocycles. The summed E-state index contributed by atoms with van der Waals surface area (Å²) in [5, 5.41) is 2.88. The fraction of sp³-hybridized carbons (Fsp3) is 0.556. The molecule has 3 nitrogen and oxygen atoms in total. The van der Waals surface area contributed by atoms with Gasteiger partial charge in [-0.15, -0.1) is 0 Å². The van der Waals surface area contributed by atoms with Gasteiger partial charge >= 0.3 is 0 Å². The van der Waals surface area contributed by atoms with Gasteiger partial charge in [0.15, 0.2) is 0 Å². The number of nitrogens with one attached hydrogen (secondary N) is 1. The van der Waals surface area contributed by atoms with Crippen LogP contribution < -0.4 is 5.32 Å². The number of aromatic nitrogens is 2. The highest BCUT2D eigenvalue weighted by molar-refractivity contribution is 5.33. The largest absolute Gasteiger partial charge is 0.367 e. The first kappa shape index (κ1) is 10.8. The van der Waals surface area contributed by atoms with Crippen molar-refractivity contribution in [1.29, 1.82) is 0 Å². The van der Waals surface area contributed by atoms with Gasteiger partial charge in [-0.05, 0) is 19.9 Å². The van der Waals surface area contributed by atoms with E-state index in [2.05, 4.69) is 15.3 Å². The monoisotopic (exact) mass is 201 g/mol. The Balaban J connectivity index is 2.51. The summed E-state index contributed by atoms with van der Waals surface area (Å²) in [5.74, 6) is 1.21. The molecule has 0 aliphatic carbocycles. The van der Waals surface area contributed by atoms with Crippen molar-refractivity contribution in [2.24, 2.45) is 0 Å². The van der Waals surface area contributed by atoms with E-state index in [9.17, 15) is 8.78 Å². The summed E-state index contributed by atoms with van der Waals surface area (Å²) in [6.07, 6.45) is -0.872. The standard InChI is InChI=1S/C9H13F2N3/c1-6(5-8(10)11)13-9-3-4-12-7(2)14-9/h3-4,6,8H,5H2,1-2H3,(H,12,13,14). The molecule has 1 atom stereocenters. The van der Waals surface area contributed by atoms with Gasteiger partial charge in [-0.1, -0.05) is 0 Å². The Kier molecular flexibility index (Phi) is 3.73. The number of nitrogens with zero attached hydrogens (tertiary/aromatic N) is 2. The predicted octanol–water partition coefficient (Wildman–Crippen LogP) is 2.24. The Morgan fingerprint density at radius 3 is 2.79 bits per heavy atom. The zero-order chi connectivity index (χ0) is 10.6. The third kappa shape index (κ3) is 3.64. The van der Waals surface area contributed by atoms with Crippen molar-refractivity contribution in [2.75, 3.05) is 5.32 Å². The molecule has 0 spiro atoms. The van der Waals surface area contributed by atoms with Gasteiger partial charge in [0.25, 0.3) is 0 Å². The Bertz CT molecular complexity index is 291. The third-order valence-corrected chi connectivity index (χ3v) is 1.70. The summed E-state index contributed by atoms with van der Waals surface area (Å²) in [4.78, 5) is 7.96. The lowest BCUT2D eigenvalue weighted by Crippen LogP contribution is -2.19. The second kappa shape index (κ2) is 4.83. The summed E-state index contributed by atoms with van der Waals surface area (Å²) in [7, 11) is 0. The number of alkyl halides is 2. The minimum atomic E-state index is -2.29. The fourth-order valence-corrected chi connectivity index (χ4v) is 1.12. The topological polar surface area (TPSA) is 37.8 Å². The molecule has 5 heteroatoms. The maximum Gasteiger partial charge on any atom is 0.240 e. The molecule has 0 radical (unpaired) electrons. The maximum atomic E-state index is 12.0. The normalized spacial score (nSPS) is 12.9. The molecule has 0 saturated carbocycles. The van der Waals surface area contributed by atoms with Crippen LogP contribution in [0.5, 0.6) is 0 Å². The van der Waals surface area contributed by atoms with Crippen LogP contribution in [0.4, 0.5) is 14.6 Å². The first-order chi connectivity index (χ1) is 6.58. The molecular formula is C9H13F2N3. The number of hydrogen-bond donors (Lipinski definition) is 1. The maximum absolute atomic E-state index is 12.0. The summed E-state index contributed by atoms with van der Waals surface area (Å²) >= 11 is 0. The fourth-order valence-electron chi connectivity index (χ4n) is 1.12. The Morgan fingerprint density at radius 1 is 1.50 bits per heavy atom. The van der Waals surface area contributed by atoms with Gasteiger partial charge in [0, 0.05) is 18.7 Å². The van der Waals surface area contributed by atoms with Crippen molar-refractivity contribution in [3.8, 4) is 0 Å². The number of aryl methyl sites for hydroxylation is 1. The van der Waals surface area contributed by atoms with Gasteiger partial charge in [0.1, 0.15) is 11.6 Å². The van der Waals surface area contributed by atoms with Gasteiger partial charge < -0.3 is 5.32 Å². The molecular weight excluding hydrogens is 188 g/mol. The van der Waals surface area contributed by atoms with Gasteiger partial charge in [0.05, 0.1) is 0 Å². The molecule has 1 N–H and O–H groups in total. The van der Waals surface area contributed by atoms with Crippen LogP contribution in [-0.2, 0) is 0 Å². The quantitative estimate of drug-likeness (QED) is 0.811. The van der Waals surface area contributed by atoms with Crippen LogP contribution >= 0.6 is 0 Å². The van der Waals surface area contributed by atoms with Gasteiger partial charge in [-0.3, -0.25) is 0 Å². The zero-order valence-corrected chi connectivity index (χ0v) is 8.17. The number of hydrogen-bond acceptors (Lipinski definition) is 3. The van der Waals surface area contributed by atoms with Crippen LogP contribution in [0.25, 0.3) is 0 Å². The molecule has 1 rings (SSSR count). The van der Waals surface area contributed by atoms with E-state index >= 15 is 0 Å².